The molecular weight excluding hydrogens is 322 g/mol. The molecule has 3 rings (SSSR count). The van der Waals surface area contributed by atoms with Crippen molar-refractivity contribution in [3.05, 3.63) is 34.7 Å². The van der Waals surface area contributed by atoms with Gasteiger partial charge in [0.1, 0.15) is 9.96 Å². The van der Waals surface area contributed by atoms with Crippen LogP contribution in [0.2, 0.25) is 4.34 Å². The van der Waals surface area contributed by atoms with Crippen molar-refractivity contribution in [2.75, 3.05) is 4.72 Å². The number of sulfonamides is 1. The smallest absolute Gasteiger partial charge is 0.272 e. The number of aromatic hydroxyl groups is 1. The van der Waals surface area contributed by atoms with Crippen molar-refractivity contribution in [2.24, 2.45) is 0 Å². The summed E-state index contributed by atoms with van der Waals surface area (Å²) in [6.07, 6.45) is 0. The van der Waals surface area contributed by atoms with E-state index in [-0.39, 0.29) is 15.8 Å². The van der Waals surface area contributed by atoms with Crippen molar-refractivity contribution >= 4 is 49.7 Å². The van der Waals surface area contributed by atoms with Gasteiger partial charge in [0.05, 0.1) is 15.2 Å². The maximum atomic E-state index is 12.2. The van der Waals surface area contributed by atoms with Gasteiger partial charge in [0.25, 0.3) is 10.0 Å². The number of thiophene rings is 1. The largest absolute Gasteiger partial charge is 0.507 e. The number of nitrogens with one attached hydrogen (secondary N) is 2. The third kappa shape index (κ3) is 2.21. The van der Waals surface area contributed by atoms with Crippen LogP contribution >= 0.6 is 22.9 Å². The van der Waals surface area contributed by atoms with Crippen LogP contribution < -0.4 is 4.72 Å². The molecule has 2 heterocycles. The van der Waals surface area contributed by atoms with Crippen LogP contribution in [0.1, 0.15) is 0 Å². The SMILES string of the molecule is O=S(=O)(Nc1n[nH]c2cccc(O)c12)c1ccc(Cl)s1. The second-order valence-electron chi connectivity index (χ2n) is 3.94. The van der Waals surface area contributed by atoms with Crippen LogP contribution in [-0.2, 0) is 10.0 Å². The van der Waals surface area contributed by atoms with E-state index in [0.717, 1.165) is 11.3 Å². The van der Waals surface area contributed by atoms with E-state index in [1.54, 1.807) is 12.1 Å². The summed E-state index contributed by atoms with van der Waals surface area (Å²) in [5.74, 6) is -0.0132. The highest BCUT2D eigenvalue weighted by Crippen LogP contribution is 2.32. The summed E-state index contributed by atoms with van der Waals surface area (Å²) >= 11 is 6.67. The van der Waals surface area contributed by atoms with E-state index >= 15 is 0 Å². The lowest BCUT2D eigenvalue weighted by molar-refractivity contribution is 0.482. The number of benzene rings is 1. The lowest BCUT2D eigenvalue weighted by Gasteiger charge is -2.03. The van der Waals surface area contributed by atoms with Crippen LogP contribution in [0.4, 0.5) is 5.82 Å². The first-order valence-electron chi connectivity index (χ1n) is 5.41. The van der Waals surface area contributed by atoms with Crippen LogP contribution in [0.15, 0.2) is 34.5 Å². The molecule has 2 aromatic heterocycles. The fourth-order valence-corrected chi connectivity index (χ4v) is 4.24. The molecule has 0 saturated carbocycles. The molecule has 0 aliphatic carbocycles. The number of hydrogen-bond acceptors (Lipinski definition) is 5. The van der Waals surface area contributed by atoms with E-state index in [1.165, 1.54) is 18.2 Å². The Balaban J connectivity index is 2.05. The Labute approximate surface area is 123 Å². The fraction of sp³-hybridized carbons (Fsp3) is 0. The Morgan fingerprint density at radius 3 is 2.80 bits per heavy atom. The molecule has 6 nitrogen and oxygen atoms in total. The summed E-state index contributed by atoms with van der Waals surface area (Å²) in [5.41, 5.74) is 0.534. The van der Waals surface area contributed by atoms with Crippen LogP contribution in [-0.4, -0.2) is 23.7 Å². The molecule has 3 N–H and O–H groups in total. The van der Waals surface area contributed by atoms with Gasteiger partial charge in [0, 0.05) is 0 Å². The van der Waals surface area contributed by atoms with E-state index in [0.29, 0.717) is 15.2 Å². The second kappa shape index (κ2) is 4.65. The highest BCUT2D eigenvalue weighted by molar-refractivity contribution is 7.94. The minimum atomic E-state index is -3.78. The summed E-state index contributed by atoms with van der Waals surface area (Å²) < 4.78 is 27.1. The molecule has 0 atom stereocenters. The van der Waals surface area contributed by atoms with E-state index in [4.69, 9.17) is 11.6 Å². The molecule has 20 heavy (non-hydrogen) atoms. The van der Waals surface area contributed by atoms with Gasteiger partial charge in [-0.05, 0) is 24.3 Å². The molecule has 0 bridgehead atoms. The lowest BCUT2D eigenvalue weighted by Crippen LogP contribution is -2.11. The number of aromatic nitrogens is 2. The molecule has 0 spiro atoms. The van der Waals surface area contributed by atoms with Gasteiger partial charge >= 0.3 is 0 Å². The number of halogens is 1. The van der Waals surface area contributed by atoms with Gasteiger partial charge in [-0.2, -0.15) is 5.10 Å². The molecule has 0 aliphatic heterocycles. The van der Waals surface area contributed by atoms with E-state index < -0.39 is 10.0 Å². The maximum absolute atomic E-state index is 12.2. The molecule has 0 radical (unpaired) electrons. The Morgan fingerprint density at radius 1 is 1.30 bits per heavy atom. The van der Waals surface area contributed by atoms with Crippen molar-refractivity contribution in [3.8, 4) is 5.75 Å². The van der Waals surface area contributed by atoms with Gasteiger partial charge in [-0.3, -0.25) is 9.82 Å². The molecule has 0 saturated heterocycles. The summed E-state index contributed by atoms with van der Waals surface area (Å²) in [5, 5.41) is 16.6. The molecule has 1 aromatic carbocycles. The van der Waals surface area contributed by atoms with Crippen LogP contribution in [0.5, 0.6) is 5.75 Å². The third-order valence-corrected chi connectivity index (χ3v) is 5.67. The van der Waals surface area contributed by atoms with Crippen LogP contribution in [0.3, 0.4) is 0 Å². The van der Waals surface area contributed by atoms with E-state index in [2.05, 4.69) is 14.9 Å². The Morgan fingerprint density at radius 2 is 2.10 bits per heavy atom. The molecular formula is C11H8ClN3O3S2. The van der Waals surface area contributed by atoms with Gasteiger partial charge in [-0.25, -0.2) is 8.42 Å². The summed E-state index contributed by atoms with van der Waals surface area (Å²) in [6, 6.07) is 7.68. The molecule has 104 valence electrons. The number of phenols is 1. The van der Waals surface area contributed by atoms with Gasteiger partial charge in [-0.15, -0.1) is 11.3 Å². The number of rotatable bonds is 3. The summed E-state index contributed by atoms with van der Waals surface area (Å²) in [4.78, 5) is 0. The highest BCUT2D eigenvalue weighted by atomic mass is 35.5. The zero-order valence-corrected chi connectivity index (χ0v) is 12.2. The highest BCUT2D eigenvalue weighted by Gasteiger charge is 2.20. The van der Waals surface area contributed by atoms with Gasteiger partial charge in [0.15, 0.2) is 5.82 Å². The normalized spacial score (nSPS) is 11.8. The van der Waals surface area contributed by atoms with Crippen molar-refractivity contribution in [1.29, 1.82) is 0 Å². The van der Waals surface area contributed by atoms with Gasteiger partial charge in [-0.1, -0.05) is 17.7 Å². The molecule has 0 aliphatic rings. The summed E-state index contributed by atoms with van der Waals surface area (Å²) in [7, 11) is -3.78. The number of aromatic amines is 1. The van der Waals surface area contributed by atoms with Gasteiger partial charge < -0.3 is 5.11 Å². The quantitative estimate of drug-likeness (QED) is 0.688. The average molecular weight is 330 g/mol. The van der Waals surface area contributed by atoms with E-state index in [9.17, 15) is 13.5 Å². The van der Waals surface area contributed by atoms with Crippen molar-refractivity contribution in [3.63, 3.8) is 0 Å². The first-order chi connectivity index (χ1) is 9.47. The Hall–Kier alpha value is -1.77. The first-order valence-corrected chi connectivity index (χ1v) is 8.09. The first kappa shape index (κ1) is 13.2. The Kier molecular flexibility index (Phi) is 3.08. The fourth-order valence-electron chi connectivity index (χ4n) is 1.75. The molecule has 9 heteroatoms. The minimum Gasteiger partial charge on any atom is -0.507 e. The minimum absolute atomic E-state index is 0.0441. The van der Waals surface area contributed by atoms with Crippen molar-refractivity contribution in [2.45, 2.75) is 4.21 Å². The zero-order chi connectivity index (χ0) is 14.3. The number of H-pyrrole nitrogens is 1. The summed E-state index contributed by atoms with van der Waals surface area (Å²) in [6.45, 7) is 0. The molecule has 0 unspecified atom stereocenters. The molecule has 0 fully saturated rings. The van der Waals surface area contributed by atoms with Crippen LogP contribution in [0.25, 0.3) is 10.9 Å². The number of phenolic OH excluding ortho intramolecular Hbond substituents is 1. The topological polar surface area (TPSA) is 95.1 Å². The maximum Gasteiger partial charge on any atom is 0.272 e. The van der Waals surface area contributed by atoms with Crippen LogP contribution in [0, 0.1) is 0 Å². The van der Waals surface area contributed by atoms with Crippen molar-refractivity contribution in [1.82, 2.24) is 10.2 Å². The number of anilines is 1. The van der Waals surface area contributed by atoms with Crippen molar-refractivity contribution < 1.29 is 13.5 Å². The Bertz CT molecular complexity index is 885. The monoisotopic (exact) mass is 329 g/mol. The number of hydrogen-bond donors (Lipinski definition) is 3. The second-order valence-corrected chi connectivity index (χ2v) is 7.56. The zero-order valence-electron chi connectivity index (χ0n) is 9.79. The number of fused-ring (bicyclic) bond motifs is 1. The third-order valence-electron chi connectivity index (χ3n) is 2.61. The van der Waals surface area contributed by atoms with Gasteiger partial charge in [0.2, 0.25) is 0 Å². The molecule has 3 aromatic rings. The average Bonchev–Trinajstić information content (AvgIpc) is 2.97. The number of nitrogens with zero attached hydrogens (tertiary/aromatic N) is 1. The van der Waals surface area contributed by atoms with E-state index in [1.807, 2.05) is 0 Å². The predicted octanol–water partition coefficient (Wildman–Crippen LogP) is 2.78. The molecule has 0 amide bonds. The lowest BCUT2D eigenvalue weighted by atomic mass is 10.2. The standard InChI is InChI=1S/C11H8ClN3O3S2/c12-8-4-5-9(19-8)20(17,18)15-11-10-6(13-14-11)2-1-3-7(10)16/h1-5,16H,(H2,13,14,15). The predicted molar refractivity (Wildman–Crippen MR) is 77.9 cm³/mol.